The topological polar surface area (TPSA) is 96.4 Å². The highest BCUT2D eigenvalue weighted by molar-refractivity contribution is 5.95. The Balaban J connectivity index is 1.62. The molecule has 1 saturated heterocycles. The number of hydrogen-bond acceptors (Lipinski definition) is 5. The van der Waals surface area contributed by atoms with Gasteiger partial charge in [0.15, 0.2) is 0 Å². The van der Waals surface area contributed by atoms with Crippen molar-refractivity contribution in [1.29, 1.82) is 0 Å². The van der Waals surface area contributed by atoms with E-state index >= 15 is 0 Å². The second kappa shape index (κ2) is 8.50. The number of ether oxygens (including phenoxy) is 2. The van der Waals surface area contributed by atoms with E-state index in [0.717, 1.165) is 12.8 Å². The normalized spacial score (nSPS) is 17.1. The molecule has 0 unspecified atom stereocenters. The average Bonchev–Trinajstić information content (AvgIpc) is 3.55. The molecule has 0 aromatic heterocycles. The summed E-state index contributed by atoms with van der Waals surface area (Å²) in [7, 11) is 3.06. The maximum Gasteiger partial charge on any atom is 0.323 e. The zero-order chi connectivity index (χ0) is 20.3. The SMILES string of the molecule is COc1cc(OC)cc(C(=O)N2CCC(C(=O)N(CC(=O)O)C3CC3)CC2)c1. The highest BCUT2D eigenvalue weighted by atomic mass is 16.5. The summed E-state index contributed by atoms with van der Waals surface area (Å²) in [6.45, 7) is 0.674. The molecule has 1 aliphatic heterocycles. The summed E-state index contributed by atoms with van der Waals surface area (Å²) >= 11 is 0. The lowest BCUT2D eigenvalue weighted by Gasteiger charge is -2.34. The van der Waals surface area contributed by atoms with Crippen molar-refractivity contribution in [1.82, 2.24) is 9.80 Å². The number of benzene rings is 1. The van der Waals surface area contributed by atoms with Crippen molar-refractivity contribution in [3.05, 3.63) is 23.8 Å². The Kier molecular flexibility index (Phi) is 6.06. The molecule has 28 heavy (non-hydrogen) atoms. The molecular weight excluding hydrogens is 364 g/mol. The summed E-state index contributed by atoms with van der Waals surface area (Å²) < 4.78 is 10.4. The van der Waals surface area contributed by atoms with Gasteiger partial charge in [0.2, 0.25) is 5.91 Å². The van der Waals surface area contributed by atoms with Crippen LogP contribution in [0.25, 0.3) is 0 Å². The molecule has 1 aromatic carbocycles. The average molecular weight is 390 g/mol. The third kappa shape index (κ3) is 4.55. The number of likely N-dealkylation sites (tertiary alicyclic amines) is 1. The molecule has 152 valence electrons. The van der Waals surface area contributed by atoms with Crippen LogP contribution in [0.4, 0.5) is 0 Å². The van der Waals surface area contributed by atoms with Gasteiger partial charge >= 0.3 is 5.97 Å². The van der Waals surface area contributed by atoms with Gasteiger partial charge in [-0.05, 0) is 37.8 Å². The van der Waals surface area contributed by atoms with Crippen molar-refractivity contribution in [2.24, 2.45) is 5.92 Å². The van der Waals surface area contributed by atoms with Crippen molar-refractivity contribution >= 4 is 17.8 Å². The van der Waals surface area contributed by atoms with E-state index in [1.165, 1.54) is 19.1 Å². The minimum absolute atomic E-state index is 0.0625. The van der Waals surface area contributed by atoms with Gasteiger partial charge in [-0.25, -0.2) is 0 Å². The minimum Gasteiger partial charge on any atom is -0.497 e. The molecule has 2 amide bonds. The monoisotopic (exact) mass is 390 g/mol. The summed E-state index contributed by atoms with van der Waals surface area (Å²) in [5.74, 6) is -0.362. The number of hydrogen-bond donors (Lipinski definition) is 1. The maximum atomic E-state index is 12.9. The van der Waals surface area contributed by atoms with E-state index in [-0.39, 0.29) is 30.3 Å². The standard InChI is InChI=1S/C20H26N2O6/c1-27-16-9-14(10-17(11-16)28-2)19(25)21-7-5-13(6-8-21)20(26)22(12-18(23)24)15-3-4-15/h9-11,13,15H,3-8,12H2,1-2H3,(H,23,24). The molecule has 8 nitrogen and oxygen atoms in total. The number of rotatable bonds is 7. The van der Waals surface area contributed by atoms with Crippen molar-refractivity contribution in [2.45, 2.75) is 31.7 Å². The van der Waals surface area contributed by atoms with Crippen LogP contribution < -0.4 is 9.47 Å². The number of methoxy groups -OCH3 is 2. The number of amides is 2. The van der Waals surface area contributed by atoms with Gasteiger partial charge in [0.1, 0.15) is 18.0 Å². The van der Waals surface area contributed by atoms with E-state index in [1.54, 1.807) is 23.1 Å². The van der Waals surface area contributed by atoms with E-state index in [2.05, 4.69) is 0 Å². The molecule has 2 aliphatic rings. The third-order valence-electron chi connectivity index (χ3n) is 5.31. The fourth-order valence-corrected chi connectivity index (χ4v) is 3.60. The molecule has 1 saturated carbocycles. The molecule has 0 radical (unpaired) electrons. The molecule has 3 rings (SSSR count). The Morgan fingerprint density at radius 1 is 1.04 bits per heavy atom. The van der Waals surface area contributed by atoms with Crippen LogP contribution in [-0.2, 0) is 9.59 Å². The number of aliphatic carboxylic acids is 1. The second-order valence-electron chi connectivity index (χ2n) is 7.26. The Morgan fingerprint density at radius 2 is 1.61 bits per heavy atom. The van der Waals surface area contributed by atoms with Crippen molar-refractivity contribution in [3.8, 4) is 11.5 Å². The third-order valence-corrected chi connectivity index (χ3v) is 5.31. The van der Waals surface area contributed by atoms with Gasteiger partial charge in [-0.1, -0.05) is 0 Å². The van der Waals surface area contributed by atoms with Crippen molar-refractivity contribution in [3.63, 3.8) is 0 Å². The summed E-state index contributed by atoms with van der Waals surface area (Å²) in [4.78, 5) is 39.9. The van der Waals surface area contributed by atoms with Gasteiger partial charge in [0.05, 0.1) is 14.2 Å². The lowest BCUT2D eigenvalue weighted by atomic mass is 9.94. The van der Waals surface area contributed by atoms with Gasteiger partial charge < -0.3 is 24.4 Å². The summed E-state index contributed by atoms with van der Waals surface area (Å²) in [6.07, 6.45) is 2.81. The Bertz CT molecular complexity index is 731. The van der Waals surface area contributed by atoms with E-state index in [9.17, 15) is 14.4 Å². The van der Waals surface area contributed by atoms with Gasteiger partial charge in [-0.3, -0.25) is 14.4 Å². The van der Waals surface area contributed by atoms with Crippen LogP contribution in [0.1, 0.15) is 36.0 Å². The number of carbonyl (C=O) groups excluding carboxylic acids is 2. The van der Waals surface area contributed by atoms with Crippen LogP contribution in [0.5, 0.6) is 11.5 Å². The first-order chi connectivity index (χ1) is 13.4. The van der Waals surface area contributed by atoms with Gasteiger partial charge in [0.25, 0.3) is 5.91 Å². The van der Waals surface area contributed by atoms with Crippen LogP contribution in [0.15, 0.2) is 18.2 Å². The Hall–Kier alpha value is -2.77. The molecule has 0 spiro atoms. The smallest absolute Gasteiger partial charge is 0.323 e. The van der Waals surface area contributed by atoms with Gasteiger partial charge in [0, 0.05) is 36.7 Å². The molecule has 1 heterocycles. The zero-order valence-corrected chi connectivity index (χ0v) is 16.2. The molecule has 0 atom stereocenters. The minimum atomic E-state index is -0.986. The molecular formula is C20H26N2O6. The lowest BCUT2D eigenvalue weighted by molar-refractivity contribution is -0.147. The Labute approximate surface area is 164 Å². The van der Waals surface area contributed by atoms with Crippen LogP contribution in [0, 0.1) is 5.92 Å². The largest absolute Gasteiger partial charge is 0.497 e. The van der Waals surface area contributed by atoms with E-state index in [4.69, 9.17) is 14.6 Å². The molecule has 1 aliphatic carbocycles. The number of carboxylic acid groups (broad SMARTS) is 1. The zero-order valence-electron chi connectivity index (χ0n) is 16.2. The highest BCUT2D eigenvalue weighted by Crippen LogP contribution is 2.31. The summed E-state index contributed by atoms with van der Waals surface area (Å²) in [5, 5.41) is 9.07. The number of carbonyl (C=O) groups is 3. The predicted octanol–water partition coefficient (Wildman–Crippen LogP) is 1.63. The second-order valence-corrected chi connectivity index (χ2v) is 7.26. The molecule has 0 bridgehead atoms. The maximum absolute atomic E-state index is 12.9. The first kappa shape index (κ1) is 20.0. The van der Waals surface area contributed by atoms with Crippen molar-refractivity contribution < 1.29 is 29.0 Å². The fourth-order valence-electron chi connectivity index (χ4n) is 3.60. The first-order valence-electron chi connectivity index (χ1n) is 9.47. The predicted molar refractivity (Wildman–Crippen MR) is 101 cm³/mol. The van der Waals surface area contributed by atoms with Crippen LogP contribution in [-0.4, -0.2) is 72.6 Å². The molecule has 8 heteroatoms. The number of nitrogens with zero attached hydrogens (tertiary/aromatic N) is 2. The van der Waals surface area contributed by atoms with E-state index < -0.39 is 5.97 Å². The molecule has 1 N–H and O–H groups in total. The van der Waals surface area contributed by atoms with E-state index in [1.807, 2.05) is 0 Å². The quantitative estimate of drug-likeness (QED) is 0.760. The Morgan fingerprint density at radius 3 is 2.07 bits per heavy atom. The van der Waals surface area contributed by atoms with Crippen molar-refractivity contribution in [2.75, 3.05) is 33.9 Å². The lowest BCUT2D eigenvalue weighted by Crippen LogP contribution is -2.46. The number of carboxylic acids is 1. The van der Waals surface area contributed by atoms with Crippen LogP contribution in [0.2, 0.25) is 0 Å². The summed E-state index contributed by atoms with van der Waals surface area (Å²) in [6, 6.07) is 5.11. The van der Waals surface area contributed by atoms with Gasteiger partial charge in [-0.2, -0.15) is 0 Å². The highest BCUT2D eigenvalue weighted by Gasteiger charge is 2.38. The first-order valence-corrected chi connectivity index (χ1v) is 9.47. The molecule has 2 fully saturated rings. The molecule has 1 aromatic rings. The van der Waals surface area contributed by atoms with Crippen LogP contribution in [0.3, 0.4) is 0 Å². The van der Waals surface area contributed by atoms with Gasteiger partial charge in [-0.15, -0.1) is 0 Å². The summed E-state index contributed by atoms with van der Waals surface area (Å²) in [5.41, 5.74) is 0.478. The van der Waals surface area contributed by atoms with Crippen LogP contribution >= 0.6 is 0 Å². The fraction of sp³-hybridized carbons (Fsp3) is 0.550. The van der Waals surface area contributed by atoms with E-state index in [0.29, 0.717) is 43.0 Å². The number of piperidine rings is 1.